The SMILES string of the molecule is CCN(CC)CCCS(=O)(=O)N[C@H](CCc1ccccc1)c1n[nH]c(Cc2ccc(OC)cc2)n1. The fourth-order valence-electron chi connectivity index (χ4n) is 3.97. The predicted octanol–water partition coefficient (Wildman–Crippen LogP) is 3.73. The summed E-state index contributed by atoms with van der Waals surface area (Å²) >= 11 is 0. The number of ether oxygens (including phenoxy) is 1. The maximum absolute atomic E-state index is 12.9. The number of sulfonamides is 1. The number of benzene rings is 2. The number of hydrogen-bond donors (Lipinski definition) is 2. The number of nitrogens with zero attached hydrogens (tertiary/aromatic N) is 3. The molecular weight excluding hydrogens is 462 g/mol. The second-order valence-electron chi connectivity index (χ2n) is 8.56. The first-order valence-corrected chi connectivity index (χ1v) is 13.9. The van der Waals surface area contributed by atoms with Crippen LogP contribution in [0.2, 0.25) is 0 Å². The fourth-order valence-corrected chi connectivity index (χ4v) is 5.26. The van der Waals surface area contributed by atoms with Crippen LogP contribution in [0.3, 0.4) is 0 Å². The number of rotatable bonds is 15. The van der Waals surface area contributed by atoms with Crippen molar-refractivity contribution in [2.75, 3.05) is 32.5 Å². The van der Waals surface area contributed by atoms with Gasteiger partial charge in [-0.1, -0.05) is 56.3 Å². The zero-order valence-corrected chi connectivity index (χ0v) is 21.7. The van der Waals surface area contributed by atoms with Gasteiger partial charge in [0.05, 0.1) is 18.9 Å². The molecule has 0 amide bonds. The molecule has 0 unspecified atom stereocenters. The Balaban J connectivity index is 1.70. The Labute approximate surface area is 209 Å². The van der Waals surface area contributed by atoms with Gasteiger partial charge < -0.3 is 9.64 Å². The molecule has 3 aromatic rings. The largest absolute Gasteiger partial charge is 0.497 e. The van der Waals surface area contributed by atoms with Gasteiger partial charge in [-0.3, -0.25) is 5.10 Å². The van der Waals surface area contributed by atoms with E-state index in [4.69, 9.17) is 4.74 Å². The Kier molecular flexibility index (Phi) is 10.3. The van der Waals surface area contributed by atoms with E-state index in [9.17, 15) is 8.42 Å². The Hall–Kier alpha value is -2.75. The number of nitrogens with one attached hydrogen (secondary N) is 2. The highest BCUT2D eigenvalue weighted by atomic mass is 32.2. The molecule has 1 heterocycles. The minimum absolute atomic E-state index is 0.0778. The van der Waals surface area contributed by atoms with Gasteiger partial charge in [0.25, 0.3) is 0 Å². The summed E-state index contributed by atoms with van der Waals surface area (Å²) in [6, 6.07) is 17.3. The molecule has 0 spiro atoms. The Morgan fingerprint density at radius 1 is 1.03 bits per heavy atom. The molecule has 2 N–H and O–H groups in total. The van der Waals surface area contributed by atoms with E-state index in [0.717, 1.165) is 42.9 Å². The second-order valence-corrected chi connectivity index (χ2v) is 10.4. The average Bonchev–Trinajstić information content (AvgIpc) is 3.34. The van der Waals surface area contributed by atoms with Gasteiger partial charge in [-0.25, -0.2) is 18.1 Å². The minimum Gasteiger partial charge on any atom is -0.497 e. The van der Waals surface area contributed by atoms with Crippen molar-refractivity contribution < 1.29 is 13.2 Å². The lowest BCUT2D eigenvalue weighted by atomic mass is 10.1. The summed E-state index contributed by atoms with van der Waals surface area (Å²) in [5, 5.41) is 7.37. The van der Waals surface area contributed by atoms with Crippen LogP contribution >= 0.6 is 0 Å². The Morgan fingerprint density at radius 3 is 2.40 bits per heavy atom. The van der Waals surface area contributed by atoms with Crippen LogP contribution in [0.25, 0.3) is 0 Å². The highest BCUT2D eigenvalue weighted by molar-refractivity contribution is 7.89. The zero-order valence-electron chi connectivity index (χ0n) is 20.9. The summed E-state index contributed by atoms with van der Waals surface area (Å²) in [6.45, 7) is 6.76. The smallest absolute Gasteiger partial charge is 0.212 e. The van der Waals surface area contributed by atoms with Crippen molar-refractivity contribution in [3.63, 3.8) is 0 Å². The Bertz CT molecular complexity index is 1110. The fraction of sp³-hybridized carbons (Fsp3) is 0.462. The molecule has 35 heavy (non-hydrogen) atoms. The lowest BCUT2D eigenvalue weighted by Crippen LogP contribution is -2.33. The van der Waals surface area contributed by atoms with Crippen LogP contribution in [0.5, 0.6) is 5.75 Å². The molecule has 0 aliphatic rings. The van der Waals surface area contributed by atoms with Crippen LogP contribution in [0.15, 0.2) is 54.6 Å². The van der Waals surface area contributed by atoms with Crippen molar-refractivity contribution in [2.45, 2.75) is 45.6 Å². The molecule has 8 nitrogen and oxygen atoms in total. The third kappa shape index (κ3) is 8.76. The number of aromatic nitrogens is 3. The lowest BCUT2D eigenvalue weighted by molar-refractivity contribution is 0.304. The molecule has 0 bridgehead atoms. The molecule has 2 aromatic carbocycles. The number of aromatic amines is 1. The van der Waals surface area contributed by atoms with Gasteiger partial charge in [0.1, 0.15) is 11.6 Å². The van der Waals surface area contributed by atoms with E-state index in [1.54, 1.807) is 7.11 Å². The van der Waals surface area contributed by atoms with E-state index < -0.39 is 16.1 Å². The number of H-pyrrole nitrogens is 1. The van der Waals surface area contributed by atoms with Crippen molar-refractivity contribution in [2.24, 2.45) is 0 Å². The highest BCUT2D eigenvalue weighted by Crippen LogP contribution is 2.19. The summed E-state index contributed by atoms with van der Waals surface area (Å²) in [6.07, 6.45) is 2.44. The van der Waals surface area contributed by atoms with E-state index in [1.807, 2.05) is 54.6 Å². The lowest BCUT2D eigenvalue weighted by Gasteiger charge is -2.19. The maximum Gasteiger partial charge on any atom is 0.212 e. The van der Waals surface area contributed by atoms with E-state index >= 15 is 0 Å². The number of aryl methyl sites for hydroxylation is 1. The molecule has 3 rings (SSSR count). The summed E-state index contributed by atoms with van der Waals surface area (Å²) < 4.78 is 34.0. The summed E-state index contributed by atoms with van der Waals surface area (Å²) in [4.78, 5) is 6.87. The number of hydrogen-bond acceptors (Lipinski definition) is 6. The van der Waals surface area contributed by atoms with Crippen molar-refractivity contribution in [1.82, 2.24) is 24.8 Å². The molecule has 0 aliphatic carbocycles. The molecule has 0 aliphatic heterocycles. The molecule has 190 valence electrons. The van der Waals surface area contributed by atoms with Gasteiger partial charge in [-0.2, -0.15) is 5.10 Å². The molecule has 0 radical (unpaired) electrons. The van der Waals surface area contributed by atoms with E-state index in [-0.39, 0.29) is 5.75 Å². The van der Waals surface area contributed by atoms with E-state index in [2.05, 4.69) is 38.7 Å². The van der Waals surface area contributed by atoms with Gasteiger partial charge in [-0.15, -0.1) is 0 Å². The maximum atomic E-state index is 12.9. The number of methoxy groups -OCH3 is 1. The highest BCUT2D eigenvalue weighted by Gasteiger charge is 2.23. The monoisotopic (exact) mass is 499 g/mol. The standard InChI is InChI=1S/C26H37N5O3S/c1-4-31(5-2)18-9-19-35(32,33)30-24(17-14-21-10-7-6-8-11-21)26-27-25(28-29-26)20-22-12-15-23(34-3)16-13-22/h6-8,10-13,15-16,24,30H,4-5,9,14,17-20H2,1-3H3,(H,27,28,29)/t24-/m1/s1. The van der Waals surface area contributed by atoms with Gasteiger partial charge in [0.15, 0.2) is 5.82 Å². The molecular formula is C26H37N5O3S. The van der Waals surface area contributed by atoms with Gasteiger partial charge in [0.2, 0.25) is 10.0 Å². The zero-order chi connectivity index (χ0) is 25.1. The van der Waals surface area contributed by atoms with Crippen molar-refractivity contribution in [3.05, 3.63) is 77.4 Å². The van der Waals surface area contributed by atoms with E-state index in [0.29, 0.717) is 30.9 Å². The molecule has 1 aromatic heterocycles. The van der Waals surface area contributed by atoms with Crippen LogP contribution in [0, 0.1) is 0 Å². The molecule has 1 atom stereocenters. The topological polar surface area (TPSA) is 100 Å². The average molecular weight is 500 g/mol. The third-order valence-electron chi connectivity index (χ3n) is 6.06. The van der Waals surface area contributed by atoms with Crippen LogP contribution in [0.1, 0.15) is 55.5 Å². The molecule has 0 saturated heterocycles. The Morgan fingerprint density at radius 2 is 1.74 bits per heavy atom. The van der Waals surface area contributed by atoms with E-state index in [1.165, 1.54) is 0 Å². The first-order valence-electron chi connectivity index (χ1n) is 12.2. The second kappa shape index (κ2) is 13.4. The summed E-state index contributed by atoms with van der Waals surface area (Å²) in [5.41, 5.74) is 2.21. The quantitative estimate of drug-likeness (QED) is 0.331. The van der Waals surface area contributed by atoms with Crippen LogP contribution in [-0.2, 0) is 22.9 Å². The van der Waals surface area contributed by atoms with Gasteiger partial charge >= 0.3 is 0 Å². The first-order chi connectivity index (χ1) is 16.9. The van der Waals surface area contributed by atoms with Crippen molar-refractivity contribution in [1.29, 1.82) is 0 Å². The van der Waals surface area contributed by atoms with Crippen LogP contribution < -0.4 is 9.46 Å². The van der Waals surface area contributed by atoms with Crippen molar-refractivity contribution in [3.8, 4) is 5.75 Å². The third-order valence-corrected chi connectivity index (χ3v) is 7.53. The van der Waals surface area contributed by atoms with Crippen LogP contribution in [0.4, 0.5) is 0 Å². The normalized spacial score (nSPS) is 12.7. The van der Waals surface area contributed by atoms with Crippen molar-refractivity contribution >= 4 is 10.0 Å². The molecule has 9 heteroatoms. The first kappa shape index (κ1) is 26.8. The summed E-state index contributed by atoms with van der Waals surface area (Å²) in [7, 11) is -1.85. The molecule has 0 fully saturated rings. The van der Waals surface area contributed by atoms with Gasteiger partial charge in [0, 0.05) is 6.42 Å². The minimum atomic E-state index is -3.49. The predicted molar refractivity (Wildman–Crippen MR) is 139 cm³/mol. The summed E-state index contributed by atoms with van der Waals surface area (Å²) in [5.74, 6) is 2.03. The van der Waals surface area contributed by atoms with Crippen LogP contribution in [-0.4, -0.2) is 61.0 Å². The molecule has 0 saturated carbocycles. The van der Waals surface area contributed by atoms with Gasteiger partial charge in [-0.05, 0) is 62.2 Å².